The number of amides is 1. The Labute approximate surface area is 196 Å². The summed E-state index contributed by atoms with van der Waals surface area (Å²) in [6.45, 7) is 3.33. The highest BCUT2D eigenvalue weighted by Crippen LogP contribution is 2.25. The van der Waals surface area contributed by atoms with E-state index in [4.69, 9.17) is 22.1 Å². The van der Waals surface area contributed by atoms with Gasteiger partial charge in [0.2, 0.25) is 5.91 Å². The fourth-order valence-electron chi connectivity index (χ4n) is 3.69. The zero-order valence-corrected chi connectivity index (χ0v) is 18.8. The number of carbonyl (C=O) groups excluding carboxylic acids is 2. The molecule has 9 nitrogen and oxygen atoms in total. The topological polar surface area (TPSA) is 115 Å². The van der Waals surface area contributed by atoms with Crippen molar-refractivity contribution in [2.24, 2.45) is 5.73 Å². The molecule has 172 valence electrons. The summed E-state index contributed by atoms with van der Waals surface area (Å²) in [6, 6.07) is 14.1. The molecule has 0 unspecified atom stereocenters. The maximum absolute atomic E-state index is 13.4. The van der Waals surface area contributed by atoms with Crippen LogP contribution in [0.3, 0.4) is 0 Å². The largest absolute Gasteiger partial charge is 0.379 e. The van der Waals surface area contributed by atoms with E-state index in [2.05, 4.69) is 20.4 Å². The van der Waals surface area contributed by atoms with Gasteiger partial charge in [-0.2, -0.15) is 0 Å². The van der Waals surface area contributed by atoms with E-state index in [9.17, 15) is 9.59 Å². The molecule has 10 heteroatoms. The molecule has 0 saturated carbocycles. The Bertz CT molecular complexity index is 1130. The first-order chi connectivity index (χ1) is 16.1. The highest BCUT2D eigenvalue weighted by Gasteiger charge is 2.23. The summed E-state index contributed by atoms with van der Waals surface area (Å²) in [6.07, 6.45) is 0. The standard InChI is InChI=1S/C23H25ClN6O3/c24-17-6-7-19(18(12-17)23(32)16-4-2-1-3-5-16)30-20(14-26-22(31)13-25)27-28-21(30)15-29-8-10-33-11-9-29/h1-7,12H,8-11,13-15,25H2,(H,26,31). The van der Waals surface area contributed by atoms with Gasteiger partial charge in [-0.3, -0.25) is 19.1 Å². The van der Waals surface area contributed by atoms with Crippen LogP contribution in [0.5, 0.6) is 0 Å². The molecule has 33 heavy (non-hydrogen) atoms. The molecule has 0 spiro atoms. The van der Waals surface area contributed by atoms with E-state index in [0.717, 1.165) is 13.1 Å². The van der Waals surface area contributed by atoms with Crippen LogP contribution in [0, 0.1) is 0 Å². The van der Waals surface area contributed by atoms with Gasteiger partial charge in [0.05, 0.1) is 38.5 Å². The number of hydrogen-bond acceptors (Lipinski definition) is 7. The van der Waals surface area contributed by atoms with Gasteiger partial charge in [-0.15, -0.1) is 10.2 Å². The second-order valence-corrected chi connectivity index (χ2v) is 8.03. The molecule has 1 aromatic heterocycles. The third kappa shape index (κ3) is 5.45. The monoisotopic (exact) mass is 468 g/mol. The van der Waals surface area contributed by atoms with E-state index in [-0.39, 0.29) is 24.8 Å². The average Bonchev–Trinajstić information content (AvgIpc) is 3.25. The molecule has 0 aliphatic carbocycles. The van der Waals surface area contributed by atoms with Crippen LogP contribution in [0.25, 0.3) is 5.69 Å². The molecule has 0 bridgehead atoms. The molecule has 0 atom stereocenters. The zero-order chi connectivity index (χ0) is 23.2. The summed E-state index contributed by atoms with van der Waals surface area (Å²) in [5.41, 5.74) is 6.99. The molecule has 0 radical (unpaired) electrons. The van der Waals surface area contributed by atoms with E-state index in [0.29, 0.717) is 53.2 Å². The summed E-state index contributed by atoms with van der Waals surface area (Å²) in [5.74, 6) is 0.662. The molecule has 4 rings (SSSR count). The van der Waals surface area contributed by atoms with Crippen LogP contribution in [0.4, 0.5) is 0 Å². The van der Waals surface area contributed by atoms with Crippen molar-refractivity contribution in [2.45, 2.75) is 13.1 Å². The number of morpholine rings is 1. The Hall–Kier alpha value is -3.11. The maximum Gasteiger partial charge on any atom is 0.234 e. The second kappa shape index (κ2) is 10.7. The molecule has 1 aliphatic heterocycles. The Morgan fingerprint density at radius 3 is 2.52 bits per heavy atom. The van der Waals surface area contributed by atoms with Crippen LogP contribution in [0.1, 0.15) is 27.6 Å². The molecule has 2 aromatic carbocycles. The van der Waals surface area contributed by atoms with Crippen molar-refractivity contribution in [3.05, 3.63) is 76.3 Å². The smallest absolute Gasteiger partial charge is 0.234 e. The van der Waals surface area contributed by atoms with E-state index < -0.39 is 0 Å². The number of ether oxygens (including phenoxy) is 1. The quantitative estimate of drug-likeness (QED) is 0.482. The number of hydrogen-bond donors (Lipinski definition) is 2. The van der Waals surface area contributed by atoms with Crippen molar-refractivity contribution in [2.75, 3.05) is 32.8 Å². The fraction of sp³-hybridized carbons (Fsp3) is 0.304. The molecule has 3 aromatic rings. The Morgan fingerprint density at radius 1 is 1.06 bits per heavy atom. The van der Waals surface area contributed by atoms with Gasteiger partial charge in [0.15, 0.2) is 17.4 Å². The van der Waals surface area contributed by atoms with Crippen LogP contribution in [-0.4, -0.2) is 64.2 Å². The average molecular weight is 469 g/mol. The van der Waals surface area contributed by atoms with Crippen molar-refractivity contribution < 1.29 is 14.3 Å². The summed E-state index contributed by atoms with van der Waals surface area (Å²) < 4.78 is 7.26. The van der Waals surface area contributed by atoms with Crippen LogP contribution >= 0.6 is 11.6 Å². The van der Waals surface area contributed by atoms with Crippen LogP contribution in [0.15, 0.2) is 48.5 Å². The minimum absolute atomic E-state index is 0.119. The third-order valence-electron chi connectivity index (χ3n) is 5.37. The van der Waals surface area contributed by atoms with E-state index in [1.165, 1.54) is 0 Å². The van der Waals surface area contributed by atoms with E-state index in [1.807, 2.05) is 22.8 Å². The predicted molar refractivity (Wildman–Crippen MR) is 123 cm³/mol. The van der Waals surface area contributed by atoms with Gasteiger partial charge >= 0.3 is 0 Å². The van der Waals surface area contributed by atoms with Crippen molar-refractivity contribution in [3.8, 4) is 5.69 Å². The first-order valence-corrected chi connectivity index (χ1v) is 11.0. The second-order valence-electron chi connectivity index (χ2n) is 7.59. The Morgan fingerprint density at radius 2 is 1.79 bits per heavy atom. The van der Waals surface area contributed by atoms with Gasteiger partial charge in [-0.05, 0) is 18.2 Å². The summed E-state index contributed by atoms with van der Waals surface area (Å²) >= 11 is 6.28. The lowest BCUT2D eigenvalue weighted by molar-refractivity contribution is -0.119. The number of nitrogens with one attached hydrogen (secondary N) is 1. The Kier molecular flexibility index (Phi) is 7.46. The van der Waals surface area contributed by atoms with Gasteiger partial charge in [-0.25, -0.2) is 0 Å². The fourth-order valence-corrected chi connectivity index (χ4v) is 3.86. The van der Waals surface area contributed by atoms with Crippen LogP contribution < -0.4 is 11.1 Å². The highest BCUT2D eigenvalue weighted by atomic mass is 35.5. The Balaban J connectivity index is 1.78. The maximum atomic E-state index is 13.4. The molecular weight excluding hydrogens is 444 g/mol. The number of nitrogens with zero attached hydrogens (tertiary/aromatic N) is 4. The normalized spacial score (nSPS) is 14.2. The number of benzene rings is 2. The SMILES string of the molecule is NCC(=O)NCc1nnc(CN2CCOCC2)n1-c1ccc(Cl)cc1C(=O)c1ccccc1. The lowest BCUT2D eigenvalue weighted by Crippen LogP contribution is -2.36. The number of carbonyl (C=O) groups is 2. The third-order valence-corrected chi connectivity index (χ3v) is 5.61. The first-order valence-electron chi connectivity index (χ1n) is 10.7. The molecule has 2 heterocycles. The molecular formula is C23H25ClN6O3. The van der Waals surface area contributed by atoms with Crippen molar-refractivity contribution >= 4 is 23.3 Å². The molecule has 1 aliphatic rings. The summed E-state index contributed by atoms with van der Waals surface area (Å²) in [7, 11) is 0. The molecule has 1 fully saturated rings. The predicted octanol–water partition coefficient (Wildman–Crippen LogP) is 1.56. The number of nitrogens with two attached hydrogens (primary N) is 1. The van der Waals surface area contributed by atoms with E-state index in [1.54, 1.807) is 30.3 Å². The lowest BCUT2D eigenvalue weighted by atomic mass is 10.0. The number of rotatable bonds is 8. The molecule has 3 N–H and O–H groups in total. The summed E-state index contributed by atoms with van der Waals surface area (Å²) in [4.78, 5) is 27.4. The van der Waals surface area contributed by atoms with Gasteiger partial charge in [-0.1, -0.05) is 41.9 Å². The number of halogens is 1. The highest BCUT2D eigenvalue weighted by molar-refractivity contribution is 6.31. The van der Waals surface area contributed by atoms with E-state index >= 15 is 0 Å². The van der Waals surface area contributed by atoms with Crippen molar-refractivity contribution in [3.63, 3.8) is 0 Å². The number of aromatic nitrogens is 3. The van der Waals surface area contributed by atoms with Gasteiger partial charge < -0.3 is 15.8 Å². The first kappa shape index (κ1) is 23.1. The van der Waals surface area contributed by atoms with Gasteiger partial charge in [0.25, 0.3) is 0 Å². The molecule has 1 amide bonds. The minimum Gasteiger partial charge on any atom is -0.379 e. The molecule has 1 saturated heterocycles. The van der Waals surface area contributed by atoms with Crippen LogP contribution in [0.2, 0.25) is 5.02 Å². The van der Waals surface area contributed by atoms with Crippen LogP contribution in [-0.2, 0) is 22.6 Å². The van der Waals surface area contributed by atoms with Gasteiger partial charge in [0, 0.05) is 29.2 Å². The lowest BCUT2D eigenvalue weighted by Gasteiger charge is -2.26. The summed E-state index contributed by atoms with van der Waals surface area (Å²) in [5, 5.41) is 11.9. The van der Waals surface area contributed by atoms with Crippen molar-refractivity contribution in [1.82, 2.24) is 25.0 Å². The van der Waals surface area contributed by atoms with Gasteiger partial charge in [0.1, 0.15) is 0 Å². The zero-order valence-electron chi connectivity index (χ0n) is 18.0. The number of ketones is 1. The van der Waals surface area contributed by atoms with Crippen molar-refractivity contribution in [1.29, 1.82) is 0 Å². The minimum atomic E-state index is -0.309.